The zero-order valence-corrected chi connectivity index (χ0v) is 59.0. The van der Waals surface area contributed by atoms with Gasteiger partial charge in [0.2, 0.25) is 0 Å². The Kier molecular flexibility index (Phi) is 33.0. The molecule has 0 bridgehead atoms. The predicted molar refractivity (Wildman–Crippen MR) is 394 cm³/mol. The number of ether oxygens (including phenoxy) is 3. The van der Waals surface area contributed by atoms with Gasteiger partial charge in [0.05, 0.1) is 12.2 Å². The molecule has 5 nitrogen and oxygen atoms in total. The summed E-state index contributed by atoms with van der Waals surface area (Å²) in [6.07, 6.45) is 43.2. The molecule has 2 atom stereocenters. The summed E-state index contributed by atoms with van der Waals surface area (Å²) in [4.78, 5) is 5.42. The third kappa shape index (κ3) is 21.8. The van der Waals surface area contributed by atoms with Crippen molar-refractivity contribution in [1.29, 1.82) is 0 Å². The first-order valence-electron chi connectivity index (χ1n) is 37.9. The van der Waals surface area contributed by atoms with Crippen LogP contribution in [-0.2, 0) is 15.9 Å². The smallest absolute Gasteiger partial charge is 0.146 e. The zero-order chi connectivity index (χ0) is 64.2. The third-order valence-electron chi connectivity index (χ3n) is 19.7. The Hall–Kier alpha value is -5.52. The summed E-state index contributed by atoms with van der Waals surface area (Å²) in [7, 11) is 0. The van der Waals surface area contributed by atoms with Crippen molar-refractivity contribution < 1.29 is 14.2 Å². The molecule has 0 radical (unpaired) electrons. The number of rotatable bonds is 48. The summed E-state index contributed by atoms with van der Waals surface area (Å²) < 4.78 is 22.5. The van der Waals surface area contributed by atoms with Crippen molar-refractivity contribution in [3.63, 3.8) is 0 Å². The Morgan fingerprint density at radius 2 is 0.549 bits per heavy atom. The monoisotopic (exact) mass is 1230 g/mol. The maximum atomic E-state index is 8.92. The molecule has 7 rings (SSSR count). The molecule has 1 aliphatic rings. The molecule has 498 valence electrons. The molecule has 0 saturated carbocycles. The fourth-order valence-corrected chi connectivity index (χ4v) is 14.3. The van der Waals surface area contributed by atoms with E-state index in [0.717, 1.165) is 83.9 Å². The van der Waals surface area contributed by atoms with Crippen LogP contribution in [-0.4, -0.2) is 38.4 Å². The van der Waals surface area contributed by atoms with Crippen molar-refractivity contribution in [2.24, 2.45) is 0 Å². The lowest BCUT2D eigenvalue weighted by Crippen LogP contribution is -2.43. The van der Waals surface area contributed by atoms with Gasteiger partial charge in [0.1, 0.15) is 22.7 Å². The molecule has 0 aromatic heterocycles. The number of anilines is 2. The maximum Gasteiger partial charge on any atom is 0.146 e. The highest BCUT2D eigenvalue weighted by atomic mass is 16.5. The second kappa shape index (κ2) is 41.2. The number of hydrogen-bond acceptors (Lipinski definition) is 5. The summed E-state index contributed by atoms with van der Waals surface area (Å²) in [6.45, 7) is 22.6. The van der Waals surface area contributed by atoms with E-state index in [0.29, 0.717) is 0 Å². The molecule has 0 amide bonds. The molecule has 6 aromatic carbocycles. The topological polar surface area (TPSA) is 34.2 Å². The number of nitrogens with zero attached hydrogens (tertiary/aromatic N) is 2. The lowest BCUT2D eigenvalue weighted by atomic mass is 9.77. The Morgan fingerprint density at radius 1 is 0.297 bits per heavy atom. The first-order chi connectivity index (χ1) is 44.8. The van der Waals surface area contributed by atoms with Gasteiger partial charge in [-0.15, -0.1) is 0 Å². The van der Waals surface area contributed by atoms with E-state index in [1.54, 1.807) is 0 Å². The van der Waals surface area contributed by atoms with Gasteiger partial charge in [-0.05, 0) is 147 Å². The SMILES string of the molecule is CCCCCCCCN(CCCCCCCC)c1ccc(C2(c3ccc(N(CCCCCCCC)CCCCCCCC)cc3)OC(c3ccc(O[C@H](C)CCCCCC)cc3)(c3ccc(O[C@H](C)CCCCCC)cc3)c3ccccc3-c3ccccc32)cc1. The summed E-state index contributed by atoms with van der Waals surface area (Å²) >= 11 is 0. The van der Waals surface area contributed by atoms with Gasteiger partial charge in [-0.3, -0.25) is 0 Å². The first-order valence-corrected chi connectivity index (χ1v) is 37.9. The van der Waals surface area contributed by atoms with Crippen LogP contribution >= 0.6 is 0 Å². The average Bonchev–Trinajstić information content (AvgIpc) is 1.62. The highest BCUT2D eigenvalue weighted by Crippen LogP contribution is 2.58. The van der Waals surface area contributed by atoms with Crippen molar-refractivity contribution in [1.82, 2.24) is 0 Å². The van der Waals surface area contributed by atoms with Crippen LogP contribution in [0.3, 0.4) is 0 Å². The zero-order valence-electron chi connectivity index (χ0n) is 59.0. The van der Waals surface area contributed by atoms with Crippen molar-refractivity contribution in [2.75, 3.05) is 36.0 Å². The van der Waals surface area contributed by atoms with E-state index in [1.165, 1.54) is 228 Å². The molecule has 91 heavy (non-hydrogen) atoms. The van der Waals surface area contributed by atoms with Gasteiger partial charge in [-0.25, -0.2) is 0 Å². The molecule has 0 spiro atoms. The minimum atomic E-state index is -1.13. The largest absolute Gasteiger partial charge is 0.491 e. The van der Waals surface area contributed by atoms with Gasteiger partial charge < -0.3 is 24.0 Å². The van der Waals surface area contributed by atoms with Crippen LogP contribution in [0.4, 0.5) is 11.4 Å². The molecule has 6 aromatic rings. The van der Waals surface area contributed by atoms with E-state index in [-0.39, 0.29) is 12.2 Å². The standard InChI is InChI=1S/C86H126N2O3/c1-9-15-21-27-31-41-67-87(68-42-32-28-22-16-10-2)77-59-51-73(52-60-77)85(74-53-61-78(62-54-74)88(69-43-33-29-23-17-11-3)70-44-34-30-24-18-12-4)83-49-39-37-47-81(83)82-48-38-40-50-84(82)86(91-85,75-55-63-79(64-56-75)89-71(7)45-35-25-19-13-5)76-57-65-80(66-58-76)90-72(8)46-36-26-20-14-6/h37-40,47-66,71-72H,9-36,41-46,67-70H2,1-8H3/t71-,72-/m1/s1. The second-order valence-electron chi connectivity index (χ2n) is 27.3. The summed E-state index contributed by atoms with van der Waals surface area (Å²) in [5.41, 5.74) is 9.33. The lowest BCUT2D eigenvalue weighted by molar-refractivity contribution is -0.0787. The quantitative estimate of drug-likeness (QED) is 0.0356. The fourth-order valence-electron chi connectivity index (χ4n) is 14.3. The van der Waals surface area contributed by atoms with Gasteiger partial charge in [0.25, 0.3) is 0 Å². The average molecular weight is 1240 g/mol. The maximum absolute atomic E-state index is 8.92. The fraction of sp³-hybridized carbons (Fsp3) is 0.581. The number of fused-ring (bicyclic) bond motifs is 3. The van der Waals surface area contributed by atoms with Crippen molar-refractivity contribution in [2.45, 2.75) is 297 Å². The minimum absolute atomic E-state index is 0.112. The van der Waals surface area contributed by atoms with Crippen LogP contribution in [0, 0.1) is 0 Å². The molecule has 0 fully saturated rings. The molecule has 0 saturated heterocycles. The Balaban J connectivity index is 1.43. The summed E-state index contributed by atoms with van der Waals surface area (Å²) in [5, 5.41) is 0. The van der Waals surface area contributed by atoms with E-state index in [9.17, 15) is 0 Å². The van der Waals surface area contributed by atoms with Crippen LogP contribution in [0.25, 0.3) is 11.1 Å². The summed E-state index contributed by atoms with van der Waals surface area (Å²) in [5.74, 6) is 1.78. The highest BCUT2D eigenvalue weighted by Gasteiger charge is 2.53. The van der Waals surface area contributed by atoms with E-state index >= 15 is 0 Å². The van der Waals surface area contributed by atoms with E-state index in [1.807, 2.05) is 0 Å². The third-order valence-corrected chi connectivity index (χ3v) is 19.7. The van der Waals surface area contributed by atoms with Gasteiger partial charge >= 0.3 is 0 Å². The highest BCUT2D eigenvalue weighted by molar-refractivity contribution is 5.79. The predicted octanol–water partition coefficient (Wildman–Crippen LogP) is 25.5. The molecule has 0 N–H and O–H groups in total. The van der Waals surface area contributed by atoms with Crippen LogP contribution in [0.15, 0.2) is 146 Å². The molecule has 1 aliphatic heterocycles. The molecule has 0 unspecified atom stereocenters. The Bertz CT molecular complexity index is 2660. The molecule has 1 heterocycles. The van der Waals surface area contributed by atoms with Crippen LogP contribution in [0.2, 0.25) is 0 Å². The van der Waals surface area contributed by atoms with Gasteiger partial charge in [-0.1, -0.05) is 306 Å². The minimum Gasteiger partial charge on any atom is -0.491 e. The Labute approximate surface area is 557 Å². The molecular weight excluding hydrogens is 1110 g/mol. The summed E-state index contributed by atoms with van der Waals surface area (Å²) in [6, 6.07) is 55.9. The van der Waals surface area contributed by atoms with Crippen LogP contribution in [0.1, 0.15) is 307 Å². The lowest BCUT2D eigenvalue weighted by Gasteiger charge is -2.45. The molecular formula is C86H126N2O3. The van der Waals surface area contributed by atoms with Crippen LogP contribution < -0.4 is 19.3 Å². The van der Waals surface area contributed by atoms with Crippen LogP contribution in [0.5, 0.6) is 11.5 Å². The molecule has 0 aliphatic carbocycles. The molecule has 5 heteroatoms. The van der Waals surface area contributed by atoms with E-state index < -0.39 is 11.2 Å². The van der Waals surface area contributed by atoms with Crippen molar-refractivity contribution in [3.8, 4) is 22.6 Å². The van der Waals surface area contributed by atoms with Gasteiger partial charge in [0.15, 0.2) is 0 Å². The van der Waals surface area contributed by atoms with Crippen molar-refractivity contribution >= 4 is 11.4 Å². The van der Waals surface area contributed by atoms with Crippen molar-refractivity contribution in [3.05, 3.63) is 179 Å². The number of hydrogen-bond donors (Lipinski definition) is 0. The van der Waals surface area contributed by atoms with Gasteiger partial charge in [-0.2, -0.15) is 0 Å². The van der Waals surface area contributed by atoms with Gasteiger partial charge in [0, 0.05) is 48.7 Å². The second-order valence-corrected chi connectivity index (χ2v) is 27.3. The normalized spacial score (nSPS) is 13.9. The first kappa shape index (κ1) is 72.9. The van der Waals surface area contributed by atoms with E-state index in [4.69, 9.17) is 14.2 Å². The number of benzene rings is 6. The van der Waals surface area contributed by atoms with E-state index in [2.05, 4.69) is 211 Å². The Morgan fingerprint density at radius 3 is 0.846 bits per heavy atom. The number of unbranched alkanes of at least 4 members (excludes halogenated alkanes) is 26.